The molecule has 3 N–H and O–H groups in total. The van der Waals surface area contributed by atoms with Crippen molar-refractivity contribution in [3.63, 3.8) is 0 Å². The number of hydrogen-bond donors (Lipinski definition) is 2. The molecule has 0 saturated heterocycles. The van der Waals surface area contributed by atoms with E-state index in [9.17, 15) is 0 Å². The molecule has 2 aromatic rings. The van der Waals surface area contributed by atoms with Crippen LogP contribution in [0.25, 0.3) is 0 Å². The van der Waals surface area contributed by atoms with E-state index >= 15 is 0 Å². The first kappa shape index (κ1) is 14.8. The Balaban J connectivity index is 1.60. The van der Waals surface area contributed by atoms with Gasteiger partial charge in [0.05, 0.1) is 11.9 Å². The third-order valence-electron chi connectivity index (χ3n) is 4.04. The van der Waals surface area contributed by atoms with Gasteiger partial charge in [-0.2, -0.15) is 0 Å². The largest absolute Gasteiger partial charge is 0.335 e. The van der Waals surface area contributed by atoms with E-state index in [1.54, 1.807) is 6.20 Å². The van der Waals surface area contributed by atoms with E-state index in [2.05, 4.69) is 52.8 Å². The number of aromatic nitrogens is 2. The molecular weight excluding hydrogens is 272 g/mol. The van der Waals surface area contributed by atoms with Crippen molar-refractivity contribution in [2.24, 2.45) is 5.73 Å². The maximum absolute atomic E-state index is 6.62. The Morgan fingerprint density at radius 1 is 1.23 bits per heavy atom. The summed E-state index contributed by atoms with van der Waals surface area (Å²) < 4.78 is 2.02. The first-order chi connectivity index (χ1) is 10.8. The molecule has 2 atom stereocenters. The van der Waals surface area contributed by atoms with Gasteiger partial charge < -0.3 is 15.6 Å². The Morgan fingerprint density at radius 3 is 2.86 bits per heavy atom. The highest BCUT2D eigenvalue weighted by Crippen LogP contribution is 2.18. The fourth-order valence-corrected chi connectivity index (χ4v) is 2.82. The average Bonchev–Trinajstić information content (AvgIpc) is 3.03. The van der Waals surface area contributed by atoms with Gasteiger partial charge in [0.25, 0.3) is 0 Å². The SMILES string of the molecule is NC1(Cn2ccnc2)C=CC=CC1NCCc1ccccc1. The summed E-state index contributed by atoms with van der Waals surface area (Å²) >= 11 is 0. The van der Waals surface area contributed by atoms with Crippen LogP contribution in [0.4, 0.5) is 0 Å². The molecule has 3 rings (SSSR count). The van der Waals surface area contributed by atoms with Crippen LogP contribution in [0.15, 0.2) is 73.4 Å². The molecule has 0 fully saturated rings. The molecule has 0 amide bonds. The summed E-state index contributed by atoms with van der Waals surface area (Å²) in [6.45, 7) is 1.60. The van der Waals surface area contributed by atoms with Crippen LogP contribution >= 0.6 is 0 Å². The Kier molecular flexibility index (Phi) is 4.51. The highest BCUT2D eigenvalue weighted by Gasteiger charge is 2.32. The van der Waals surface area contributed by atoms with E-state index < -0.39 is 5.54 Å². The number of benzene rings is 1. The standard InChI is InChI=1S/C18H22N4/c19-18(14-22-13-12-20-15-22)10-5-4-8-17(18)21-11-9-16-6-2-1-3-7-16/h1-8,10,12-13,15,17,21H,9,11,14,19H2. The average molecular weight is 294 g/mol. The lowest BCUT2D eigenvalue weighted by Gasteiger charge is -2.36. The van der Waals surface area contributed by atoms with Crippen LogP contribution in [0.2, 0.25) is 0 Å². The number of nitrogens with two attached hydrogens (primary N) is 1. The van der Waals surface area contributed by atoms with E-state index in [0.717, 1.165) is 13.0 Å². The fourth-order valence-electron chi connectivity index (χ4n) is 2.82. The minimum atomic E-state index is -0.438. The van der Waals surface area contributed by atoms with Gasteiger partial charge in [-0.25, -0.2) is 4.98 Å². The van der Waals surface area contributed by atoms with Gasteiger partial charge >= 0.3 is 0 Å². The lowest BCUT2D eigenvalue weighted by Crippen LogP contribution is -2.58. The minimum Gasteiger partial charge on any atom is -0.335 e. The van der Waals surface area contributed by atoms with Gasteiger partial charge in [0.1, 0.15) is 0 Å². The molecule has 1 aliphatic carbocycles. The van der Waals surface area contributed by atoms with Gasteiger partial charge in [-0.15, -0.1) is 0 Å². The van der Waals surface area contributed by atoms with Crippen molar-refractivity contribution in [1.29, 1.82) is 0 Å². The Labute approximate surface area is 131 Å². The van der Waals surface area contributed by atoms with Crippen LogP contribution in [0.1, 0.15) is 5.56 Å². The first-order valence-corrected chi connectivity index (χ1v) is 7.64. The Bertz CT molecular complexity index is 630. The molecule has 0 saturated carbocycles. The normalized spacial score (nSPS) is 23.8. The predicted octanol–water partition coefficient (Wildman–Crippen LogP) is 1.91. The monoisotopic (exact) mass is 294 g/mol. The number of nitrogens with one attached hydrogen (secondary N) is 1. The summed E-state index contributed by atoms with van der Waals surface area (Å²) in [5.74, 6) is 0. The van der Waals surface area contributed by atoms with Crippen LogP contribution in [-0.4, -0.2) is 27.7 Å². The van der Waals surface area contributed by atoms with Crippen LogP contribution in [0, 0.1) is 0 Å². The topological polar surface area (TPSA) is 55.9 Å². The highest BCUT2D eigenvalue weighted by molar-refractivity contribution is 5.27. The first-order valence-electron chi connectivity index (χ1n) is 7.64. The van der Waals surface area contributed by atoms with Crippen LogP contribution in [-0.2, 0) is 13.0 Å². The second kappa shape index (κ2) is 6.73. The van der Waals surface area contributed by atoms with Crippen molar-refractivity contribution in [2.45, 2.75) is 24.5 Å². The van der Waals surface area contributed by atoms with Crippen LogP contribution < -0.4 is 11.1 Å². The van der Waals surface area contributed by atoms with Crippen molar-refractivity contribution >= 4 is 0 Å². The maximum atomic E-state index is 6.62. The van der Waals surface area contributed by atoms with Gasteiger partial charge in [-0.05, 0) is 18.5 Å². The molecule has 4 nitrogen and oxygen atoms in total. The molecule has 0 spiro atoms. The number of allylic oxidation sites excluding steroid dienone is 2. The second-order valence-corrected chi connectivity index (χ2v) is 5.76. The number of hydrogen-bond acceptors (Lipinski definition) is 3. The zero-order valence-electron chi connectivity index (χ0n) is 12.6. The van der Waals surface area contributed by atoms with Gasteiger partial charge in [0.15, 0.2) is 0 Å². The Hall–Kier alpha value is -2.17. The summed E-state index contributed by atoms with van der Waals surface area (Å²) in [6.07, 6.45) is 14.8. The highest BCUT2D eigenvalue weighted by atomic mass is 15.1. The molecule has 1 aromatic carbocycles. The van der Waals surface area contributed by atoms with Crippen LogP contribution in [0.5, 0.6) is 0 Å². The molecule has 1 aromatic heterocycles. The quantitative estimate of drug-likeness (QED) is 0.855. The zero-order valence-corrected chi connectivity index (χ0v) is 12.6. The molecule has 114 valence electrons. The van der Waals surface area contributed by atoms with E-state index in [1.165, 1.54) is 5.56 Å². The second-order valence-electron chi connectivity index (χ2n) is 5.76. The molecule has 1 aliphatic rings. The number of rotatable bonds is 6. The van der Waals surface area contributed by atoms with Crippen LogP contribution in [0.3, 0.4) is 0 Å². The molecule has 0 aliphatic heterocycles. The van der Waals surface area contributed by atoms with E-state index in [1.807, 2.05) is 29.2 Å². The fraction of sp³-hybridized carbons (Fsp3) is 0.278. The van der Waals surface area contributed by atoms with Crippen molar-refractivity contribution in [3.8, 4) is 0 Å². The maximum Gasteiger partial charge on any atom is 0.0946 e. The third kappa shape index (κ3) is 3.53. The number of imidazole rings is 1. The molecule has 0 bridgehead atoms. The molecular formula is C18H22N4. The minimum absolute atomic E-state index is 0.114. The third-order valence-corrected chi connectivity index (χ3v) is 4.04. The molecule has 2 unspecified atom stereocenters. The molecule has 22 heavy (non-hydrogen) atoms. The lowest BCUT2D eigenvalue weighted by atomic mass is 9.87. The van der Waals surface area contributed by atoms with Gasteiger partial charge in [-0.1, -0.05) is 54.6 Å². The van der Waals surface area contributed by atoms with Gasteiger partial charge in [0, 0.05) is 25.0 Å². The lowest BCUT2D eigenvalue weighted by molar-refractivity contribution is 0.355. The molecule has 0 radical (unpaired) electrons. The van der Waals surface area contributed by atoms with Crippen molar-refractivity contribution in [2.75, 3.05) is 6.54 Å². The van der Waals surface area contributed by atoms with Crippen molar-refractivity contribution in [3.05, 3.63) is 78.9 Å². The van der Waals surface area contributed by atoms with Gasteiger partial charge in [0.2, 0.25) is 0 Å². The van der Waals surface area contributed by atoms with E-state index in [0.29, 0.717) is 6.54 Å². The molecule has 1 heterocycles. The summed E-state index contributed by atoms with van der Waals surface area (Å²) in [5, 5.41) is 3.58. The van der Waals surface area contributed by atoms with Gasteiger partial charge in [-0.3, -0.25) is 0 Å². The number of nitrogens with zero attached hydrogens (tertiary/aromatic N) is 2. The smallest absolute Gasteiger partial charge is 0.0946 e. The summed E-state index contributed by atoms with van der Waals surface area (Å²) in [4.78, 5) is 4.09. The van der Waals surface area contributed by atoms with Crippen molar-refractivity contribution in [1.82, 2.24) is 14.9 Å². The van der Waals surface area contributed by atoms with Crippen molar-refractivity contribution < 1.29 is 0 Å². The van der Waals surface area contributed by atoms with E-state index in [4.69, 9.17) is 5.73 Å². The Morgan fingerprint density at radius 2 is 2.09 bits per heavy atom. The van der Waals surface area contributed by atoms with E-state index in [-0.39, 0.29) is 6.04 Å². The summed E-state index contributed by atoms with van der Waals surface area (Å²) in [6, 6.07) is 10.6. The zero-order chi connectivity index (χ0) is 15.3. The molecule has 4 heteroatoms. The summed E-state index contributed by atoms with van der Waals surface area (Å²) in [5.41, 5.74) is 7.52. The summed E-state index contributed by atoms with van der Waals surface area (Å²) in [7, 11) is 0. The predicted molar refractivity (Wildman–Crippen MR) is 89.4 cm³/mol.